The number of rotatable bonds is 3. The Balaban J connectivity index is 0.00000323. The molecule has 0 spiro atoms. The Morgan fingerprint density at radius 2 is 1.70 bits per heavy atom. The molecule has 1 aliphatic carbocycles. The van der Waals surface area contributed by atoms with Gasteiger partial charge in [0, 0.05) is 11.5 Å². The summed E-state index contributed by atoms with van der Waals surface area (Å²) >= 11 is 0. The third-order valence-corrected chi connectivity index (χ3v) is 9.17. The number of carbonyl (C=O) groups is 1. The number of aliphatic hydroxyl groups is 1. The second-order valence-corrected chi connectivity index (χ2v) is 11.1. The number of Topliss-reactive ketones (excluding diaryl/α,β-unsaturated/α-hetero) is 1. The predicted octanol–water partition coefficient (Wildman–Crippen LogP) is 2.71. The summed E-state index contributed by atoms with van der Waals surface area (Å²) in [6, 6.07) is -0.0999. The number of aromatic nitrogens is 3. The van der Waals surface area contributed by atoms with E-state index in [4.69, 9.17) is 20.3 Å². The molecule has 4 atom stereocenters. The van der Waals surface area contributed by atoms with E-state index in [1.54, 1.807) is 0 Å². The number of fused-ring (bicyclic) bond motifs is 8. The molecule has 0 amide bonds. The van der Waals surface area contributed by atoms with Gasteiger partial charge >= 0.3 is 23.1 Å². The second kappa shape index (κ2) is 10.3. The first-order valence-corrected chi connectivity index (χ1v) is 13.9. The predicted molar refractivity (Wildman–Crippen MR) is 162 cm³/mol. The largest absolute Gasteiger partial charge is 2.00 e. The van der Waals surface area contributed by atoms with E-state index in [0.717, 1.165) is 79.6 Å². The number of allylic oxidation sites excluding steroid dienone is 1. The Kier molecular flexibility index (Phi) is 7.34. The van der Waals surface area contributed by atoms with Gasteiger partial charge in [0.25, 0.3) is 0 Å². The third kappa shape index (κ3) is 3.92. The minimum atomic E-state index is -0.249. The van der Waals surface area contributed by atoms with Gasteiger partial charge in [0.1, 0.15) is 0 Å². The molecule has 1 saturated heterocycles. The fourth-order valence-corrected chi connectivity index (χ4v) is 6.89. The van der Waals surface area contributed by atoms with Gasteiger partial charge in [0.2, 0.25) is 0 Å². The van der Waals surface area contributed by atoms with Gasteiger partial charge in [0.05, 0.1) is 6.26 Å². The minimum Gasteiger partial charge on any atom is -0.681 e. The maximum Gasteiger partial charge on any atom is 2.00 e. The topological polar surface area (TPSA) is 93.7 Å². The molecular formula is C33H34MgN4O2-2. The SMILES string of the molecule is C=Cc1c2[n-]c(c1C)/C=C1\[N-]C(C3=c4[n-]/c(c(C)c4C(=O)[C@@H]3C)=C\c3[n-]c(/c(=C\O)c3CC)=C\2)[C@@H](CC)[C@@H]1C.[Mg+2]. The van der Waals surface area contributed by atoms with E-state index in [2.05, 4.69) is 33.4 Å². The molecule has 3 aromatic heterocycles. The van der Waals surface area contributed by atoms with Crippen molar-refractivity contribution in [1.82, 2.24) is 15.0 Å². The minimum absolute atomic E-state index is 0. The third-order valence-electron chi connectivity index (χ3n) is 9.17. The van der Waals surface area contributed by atoms with Crippen molar-refractivity contribution < 1.29 is 9.90 Å². The fourth-order valence-electron chi connectivity index (χ4n) is 6.89. The molecule has 1 unspecified atom stereocenters. The van der Waals surface area contributed by atoms with Gasteiger partial charge in [-0.1, -0.05) is 93.3 Å². The van der Waals surface area contributed by atoms with Crippen LogP contribution in [0, 0.1) is 31.6 Å². The van der Waals surface area contributed by atoms with Crippen LogP contribution in [0.4, 0.5) is 0 Å². The van der Waals surface area contributed by atoms with Crippen LogP contribution in [0.25, 0.3) is 41.5 Å². The average Bonchev–Trinajstić information content (AvgIpc) is 3.65. The molecule has 3 aliphatic rings. The van der Waals surface area contributed by atoms with Gasteiger partial charge in [-0.2, -0.15) is 5.70 Å². The number of hydrogen-bond donors (Lipinski definition) is 1. The molecule has 202 valence electrons. The smallest absolute Gasteiger partial charge is 0.681 e. The quantitative estimate of drug-likeness (QED) is 0.514. The zero-order chi connectivity index (χ0) is 27.7. The van der Waals surface area contributed by atoms with Crippen molar-refractivity contribution in [2.24, 2.45) is 17.8 Å². The Morgan fingerprint density at radius 1 is 0.975 bits per heavy atom. The molecule has 5 heterocycles. The molecule has 8 bridgehead atoms. The van der Waals surface area contributed by atoms with Crippen molar-refractivity contribution in [2.45, 2.75) is 60.4 Å². The Morgan fingerprint density at radius 3 is 2.35 bits per heavy atom. The summed E-state index contributed by atoms with van der Waals surface area (Å²) in [6.45, 7) is 16.6. The first kappa shape index (κ1) is 28.4. The van der Waals surface area contributed by atoms with Crippen LogP contribution < -0.4 is 36.2 Å². The van der Waals surface area contributed by atoms with Crippen molar-refractivity contribution in [3.63, 3.8) is 0 Å². The van der Waals surface area contributed by atoms with E-state index in [0.29, 0.717) is 17.0 Å². The Bertz CT molecular complexity index is 1830. The maximum absolute atomic E-state index is 13.6. The van der Waals surface area contributed by atoms with Crippen LogP contribution in [0.15, 0.2) is 12.3 Å². The molecule has 6 nitrogen and oxygen atoms in total. The van der Waals surface area contributed by atoms with Crippen LogP contribution in [0.2, 0.25) is 0 Å². The molecule has 7 heteroatoms. The second-order valence-electron chi connectivity index (χ2n) is 11.1. The van der Waals surface area contributed by atoms with Crippen LogP contribution in [-0.4, -0.2) is 40.0 Å². The molecular weight excluding hydrogens is 509 g/mol. The van der Waals surface area contributed by atoms with Crippen LogP contribution in [-0.2, 0) is 6.42 Å². The summed E-state index contributed by atoms with van der Waals surface area (Å²) in [6.07, 6.45) is 10.6. The summed E-state index contributed by atoms with van der Waals surface area (Å²) in [5.74, 6) is 0.371. The van der Waals surface area contributed by atoms with Crippen molar-refractivity contribution in [3.05, 3.63) is 83.8 Å². The van der Waals surface area contributed by atoms with Crippen molar-refractivity contribution in [1.29, 1.82) is 0 Å². The molecule has 2 aliphatic heterocycles. The molecule has 0 aromatic carbocycles. The molecule has 1 N–H and O–H groups in total. The first-order chi connectivity index (χ1) is 18.7. The van der Waals surface area contributed by atoms with Crippen LogP contribution in [0.1, 0.15) is 83.8 Å². The van der Waals surface area contributed by atoms with Crippen molar-refractivity contribution in [3.8, 4) is 0 Å². The number of nitrogens with zero attached hydrogens (tertiary/aromatic N) is 4. The summed E-state index contributed by atoms with van der Waals surface area (Å²) in [7, 11) is 0. The van der Waals surface area contributed by atoms with Gasteiger partial charge in [-0.15, -0.1) is 33.1 Å². The average molecular weight is 543 g/mol. The van der Waals surface area contributed by atoms with E-state index in [1.807, 2.05) is 39.0 Å². The van der Waals surface area contributed by atoms with Crippen LogP contribution in [0.3, 0.4) is 0 Å². The van der Waals surface area contributed by atoms with Gasteiger partial charge in [-0.25, -0.2) is 0 Å². The zero-order valence-electron chi connectivity index (χ0n) is 24.2. The van der Waals surface area contributed by atoms with E-state index in [9.17, 15) is 9.90 Å². The van der Waals surface area contributed by atoms with E-state index in [-0.39, 0.29) is 52.6 Å². The van der Waals surface area contributed by atoms with Gasteiger partial charge in [-0.3, -0.25) is 4.79 Å². The molecule has 0 radical (unpaired) electrons. The number of carbonyl (C=O) groups excluding carboxylic acids is 1. The standard InChI is InChI=1S/C33H34N4O2.Mg/c1-8-19-15(4)23-11-24-16(5)20(9-2)31(36-24)29-18(7)33(39)30-17(6)25(37-32(29)30)12-27-21(10-3)22(14-38)28(35-27)13-26(19)34-23;/h8,11-14,16,18,20,31H,1,9-10H2,2-7H3,(H,38,39);/q-4;+2/b24-11-,28-13-;/t16-,18+,20-,31?;/m0./s1. The van der Waals surface area contributed by atoms with Crippen LogP contribution >= 0.6 is 0 Å². The number of hydrogen-bond acceptors (Lipinski definition) is 2. The van der Waals surface area contributed by atoms with Gasteiger partial charge in [0.15, 0.2) is 5.78 Å². The van der Waals surface area contributed by atoms with Gasteiger partial charge < -0.3 is 25.4 Å². The molecule has 3 aromatic rings. The van der Waals surface area contributed by atoms with E-state index >= 15 is 0 Å². The molecule has 0 saturated carbocycles. The van der Waals surface area contributed by atoms with Crippen molar-refractivity contribution in [2.75, 3.05) is 0 Å². The normalized spacial score (nSPS) is 26.4. The van der Waals surface area contributed by atoms with E-state index in [1.165, 1.54) is 0 Å². The first-order valence-electron chi connectivity index (χ1n) is 13.9. The number of ketones is 1. The summed E-state index contributed by atoms with van der Waals surface area (Å²) in [4.78, 5) is 28.6. The molecule has 40 heavy (non-hydrogen) atoms. The molecule has 1 fully saturated rings. The summed E-state index contributed by atoms with van der Waals surface area (Å²) in [5.41, 5.74) is 8.93. The fraction of sp³-hybridized carbons (Fsp3) is 0.364. The van der Waals surface area contributed by atoms with Gasteiger partial charge in [-0.05, 0) is 42.9 Å². The number of aliphatic hydroxyl groups excluding tert-OH is 1. The van der Waals surface area contributed by atoms with Crippen LogP contribution in [0.5, 0.6) is 0 Å². The van der Waals surface area contributed by atoms with Crippen molar-refractivity contribution >= 4 is 65.0 Å². The summed E-state index contributed by atoms with van der Waals surface area (Å²) in [5, 5.41) is 18.4. The zero-order valence-corrected chi connectivity index (χ0v) is 25.6. The Labute approximate surface area is 250 Å². The summed E-state index contributed by atoms with van der Waals surface area (Å²) < 4.78 is 0. The van der Waals surface area contributed by atoms with E-state index < -0.39 is 0 Å². The maximum atomic E-state index is 13.6. The monoisotopic (exact) mass is 542 g/mol. The molecule has 6 rings (SSSR count). The Hall–Kier alpha value is -3.16.